The number of imide groups is 1. The fourth-order valence-corrected chi connectivity index (χ4v) is 5.56. The average molecular weight is 484 g/mol. The van der Waals surface area contributed by atoms with Gasteiger partial charge in [0.25, 0.3) is 5.91 Å². The lowest BCUT2D eigenvalue weighted by Gasteiger charge is -2.58. The van der Waals surface area contributed by atoms with Gasteiger partial charge in [0.05, 0.1) is 31.4 Å². The number of esters is 1. The number of rotatable bonds is 5. The van der Waals surface area contributed by atoms with Gasteiger partial charge in [0.15, 0.2) is 0 Å². The number of ether oxygens (including phenoxy) is 1. The number of piperazine rings is 1. The lowest BCUT2D eigenvalue weighted by atomic mass is 9.82. The number of carbonyl (C=O) groups is 3. The molecular formula is C25H26ClN3O5. The van der Waals surface area contributed by atoms with Gasteiger partial charge >= 0.3 is 5.97 Å². The van der Waals surface area contributed by atoms with Crippen LogP contribution >= 0.6 is 11.6 Å². The predicted octanol–water partition coefficient (Wildman–Crippen LogP) is 1.69. The average Bonchev–Trinajstić information content (AvgIpc) is 3.21. The van der Waals surface area contributed by atoms with Gasteiger partial charge in [-0.3, -0.25) is 24.3 Å². The summed E-state index contributed by atoms with van der Waals surface area (Å²) in [5, 5.41) is 11.0. The first-order valence-electron chi connectivity index (χ1n) is 11.3. The zero-order valence-electron chi connectivity index (χ0n) is 18.8. The highest BCUT2D eigenvalue weighted by Crippen LogP contribution is 2.41. The molecule has 5 rings (SSSR count). The largest absolute Gasteiger partial charge is 0.465 e. The molecule has 2 unspecified atom stereocenters. The summed E-state index contributed by atoms with van der Waals surface area (Å²) in [6.45, 7) is 1.96. The molecule has 178 valence electrons. The van der Waals surface area contributed by atoms with E-state index in [4.69, 9.17) is 16.3 Å². The van der Waals surface area contributed by atoms with Crippen molar-refractivity contribution in [3.05, 3.63) is 70.2 Å². The predicted molar refractivity (Wildman–Crippen MR) is 124 cm³/mol. The lowest BCUT2D eigenvalue weighted by Crippen LogP contribution is -2.81. The van der Waals surface area contributed by atoms with Crippen LogP contribution in [0, 0.1) is 0 Å². The molecular weight excluding hydrogens is 458 g/mol. The fraction of sp³-hybridized carbons (Fsp3) is 0.400. The van der Waals surface area contributed by atoms with Gasteiger partial charge in [-0.05, 0) is 35.7 Å². The van der Waals surface area contributed by atoms with Gasteiger partial charge < -0.3 is 9.84 Å². The number of amides is 2. The molecule has 2 aromatic carbocycles. The molecule has 2 amide bonds. The zero-order chi connectivity index (χ0) is 24.0. The molecule has 0 bridgehead atoms. The number of aliphatic hydroxyl groups is 1. The van der Waals surface area contributed by atoms with Crippen LogP contribution in [0.4, 0.5) is 0 Å². The first kappa shape index (κ1) is 23.0. The Kier molecular flexibility index (Phi) is 5.93. The molecule has 1 N–H and O–H groups in total. The highest BCUT2D eigenvalue weighted by Gasteiger charge is 2.64. The van der Waals surface area contributed by atoms with Crippen molar-refractivity contribution in [1.29, 1.82) is 0 Å². The molecule has 2 atom stereocenters. The van der Waals surface area contributed by atoms with E-state index in [0.717, 1.165) is 11.1 Å². The van der Waals surface area contributed by atoms with Crippen molar-refractivity contribution in [2.45, 2.75) is 37.2 Å². The van der Waals surface area contributed by atoms with Crippen LogP contribution in [0.15, 0.2) is 48.5 Å². The molecule has 0 aliphatic carbocycles. The number of aliphatic hydroxyl groups excluding tert-OH is 1. The van der Waals surface area contributed by atoms with Gasteiger partial charge in [0.1, 0.15) is 5.54 Å². The summed E-state index contributed by atoms with van der Waals surface area (Å²) in [6.07, 6.45) is -0.327. The van der Waals surface area contributed by atoms with Crippen LogP contribution in [0.2, 0.25) is 5.02 Å². The first-order valence-corrected chi connectivity index (χ1v) is 11.6. The Bertz CT molecular complexity index is 1130. The molecule has 0 aromatic heterocycles. The number of halogens is 1. The summed E-state index contributed by atoms with van der Waals surface area (Å²) in [6, 6.07) is 13.8. The van der Waals surface area contributed by atoms with E-state index in [1.807, 2.05) is 29.2 Å². The monoisotopic (exact) mass is 483 g/mol. The summed E-state index contributed by atoms with van der Waals surface area (Å²) < 4.78 is 4.73. The van der Waals surface area contributed by atoms with Crippen molar-refractivity contribution in [3.63, 3.8) is 0 Å². The highest BCUT2D eigenvalue weighted by atomic mass is 35.5. The van der Waals surface area contributed by atoms with E-state index in [1.54, 1.807) is 24.3 Å². The lowest BCUT2D eigenvalue weighted by molar-refractivity contribution is -0.181. The van der Waals surface area contributed by atoms with Crippen molar-refractivity contribution in [1.82, 2.24) is 14.7 Å². The van der Waals surface area contributed by atoms with E-state index in [-0.39, 0.29) is 18.4 Å². The number of carbonyl (C=O) groups excluding carboxylic acids is 3. The van der Waals surface area contributed by atoms with Gasteiger partial charge in [0, 0.05) is 31.2 Å². The number of nitrogens with zero attached hydrogens (tertiary/aromatic N) is 3. The summed E-state index contributed by atoms with van der Waals surface area (Å²) in [5.41, 5.74) is 1.28. The number of β-amino-alcohol motifs (C(OH)–C–C–N with tert-alkyl or cyclic N) is 1. The molecule has 8 nitrogen and oxygen atoms in total. The smallest absolute Gasteiger partial charge is 0.337 e. The summed E-state index contributed by atoms with van der Waals surface area (Å²) >= 11 is 6.32. The fourth-order valence-electron chi connectivity index (χ4n) is 5.36. The van der Waals surface area contributed by atoms with E-state index in [0.29, 0.717) is 43.2 Å². The van der Waals surface area contributed by atoms with E-state index in [9.17, 15) is 19.5 Å². The first-order chi connectivity index (χ1) is 16.3. The molecule has 2 aromatic rings. The normalized spacial score (nSPS) is 24.3. The molecule has 0 radical (unpaired) electrons. The molecule has 3 fully saturated rings. The van der Waals surface area contributed by atoms with Crippen LogP contribution in [0.5, 0.6) is 0 Å². The third-order valence-corrected chi connectivity index (χ3v) is 7.43. The number of hydrogen-bond acceptors (Lipinski definition) is 7. The molecule has 1 spiro atoms. The SMILES string of the molecule is COC(=O)c1ccc(CN2C(=O)C3CC(O)CN3C3(CN(Cc4ccccc4Cl)C3)C2=O)cc1. The second-order valence-corrected chi connectivity index (χ2v) is 9.65. The van der Waals surface area contributed by atoms with Crippen molar-refractivity contribution in [3.8, 4) is 0 Å². The van der Waals surface area contributed by atoms with Crippen LogP contribution in [0.3, 0.4) is 0 Å². The van der Waals surface area contributed by atoms with Gasteiger partial charge in [-0.2, -0.15) is 0 Å². The number of benzene rings is 2. The number of hydrogen-bond donors (Lipinski definition) is 1. The van der Waals surface area contributed by atoms with Crippen molar-refractivity contribution < 1.29 is 24.2 Å². The second-order valence-electron chi connectivity index (χ2n) is 9.24. The minimum atomic E-state index is -0.844. The quantitative estimate of drug-likeness (QED) is 0.511. The Labute approximate surface area is 202 Å². The van der Waals surface area contributed by atoms with Crippen molar-refractivity contribution >= 4 is 29.4 Å². The van der Waals surface area contributed by atoms with Crippen molar-refractivity contribution in [2.24, 2.45) is 0 Å². The van der Waals surface area contributed by atoms with Crippen molar-refractivity contribution in [2.75, 3.05) is 26.7 Å². The molecule has 9 heteroatoms. The van der Waals surface area contributed by atoms with E-state index in [1.165, 1.54) is 12.0 Å². The maximum absolute atomic E-state index is 13.7. The van der Waals surface area contributed by atoms with E-state index < -0.39 is 23.7 Å². The van der Waals surface area contributed by atoms with E-state index in [2.05, 4.69) is 4.90 Å². The Morgan fingerprint density at radius 2 is 1.82 bits per heavy atom. The summed E-state index contributed by atoms with van der Waals surface area (Å²) in [5.74, 6) is -0.969. The number of likely N-dealkylation sites (tertiary alicyclic amines) is 1. The third-order valence-electron chi connectivity index (χ3n) is 7.06. The number of fused-ring (bicyclic) bond motifs is 2. The minimum absolute atomic E-state index is 0.117. The van der Waals surface area contributed by atoms with E-state index >= 15 is 0 Å². The van der Waals surface area contributed by atoms with Crippen LogP contribution in [0.1, 0.15) is 27.9 Å². The van der Waals surface area contributed by atoms with Crippen LogP contribution in [-0.2, 0) is 27.4 Å². The topological polar surface area (TPSA) is 90.4 Å². The zero-order valence-corrected chi connectivity index (χ0v) is 19.6. The molecule has 3 aliphatic heterocycles. The van der Waals surface area contributed by atoms with Crippen LogP contribution in [-0.4, -0.2) is 82.0 Å². The Balaban J connectivity index is 1.37. The summed E-state index contributed by atoms with van der Waals surface area (Å²) in [4.78, 5) is 44.1. The van der Waals surface area contributed by atoms with Gasteiger partial charge in [-0.25, -0.2) is 4.79 Å². The molecule has 3 saturated heterocycles. The van der Waals surface area contributed by atoms with Crippen LogP contribution in [0.25, 0.3) is 0 Å². The van der Waals surface area contributed by atoms with Gasteiger partial charge in [-0.1, -0.05) is 41.9 Å². The Morgan fingerprint density at radius 3 is 2.50 bits per heavy atom. The molecule has 34 heavy (non-hydrogen) atoms. The van der Waals surface area contributed by atoms with Crippen LogP contribution < -0.4 is 0 Å². The van der Waals surface area contributed by atoms with Gasteiger partial charge in [0.2, 0.25) is 5.91 Å². The number of methoxy groups -OCH3 is 1. The van der Waals surface area contributed by atoms with Gasteiger partial charge in [-0.15, -0.1) is 0 Å². The molecule has 0 saturated carbocycles. The highest BCUT2D eigenvalue weighted by molar-refractivity contribution is 6.31. The Hall–Kier alpha value is -2.78. The standard InChI is InChI=1S/C25H26ClN3O5/c1-34-23(32)17-8-6-16(7-9-17)11-28-22(31)21-10-19(30)13-29(21)25(24(28)33)14-27(15-25)12-18-4-2-3-5-20(18)26/h2-9,19,21,30H,10-15H2,1H3. The maximum Gasteiger partial charge on any atom is 0.337 e. The maximum atomic E-state index is 13.7. The Morgan fingerprint density at radius 1 is 1.12 bits per heavy atom. The third kappa shape index (κ3) is 3.80. The molecule has 3 heterocycles. The minimum Gasteiger partial charge on any atom is -0.465 e. The second kappa shape index (κ2) is 8.78. The molecule has 3 aliphatic rings. The summed E-state index contributed by atoms with van der Waals surface area (Å²) in [7, 11) is 1.32.